The number of methoxy groups -OCH3 is 1. The highest BCUT2D eigenvalue weighted by Gasteiger charge is 2.27. The third kappa shape index (κ3) is 5.17. The lowest BCUT2D eigenvalue weighted by Gasteiger charge is -2.25. The third-order valence-corrected chi connectivity index (χ3v) is 3.77. The van der Waals surface area contributed by atoms with Crippen LogP contribution in [0, 0.1) is 0 Å². The molecule has 0 amide bonds. The van der Waals surface area contributed by atoms with Gasteiger partial charge in [-0.2, -0.15) is 13.1 Å². The standard InChI is InChI=1S/C11H15Cl2NO5S/c1-7(14-20(15,16)17)11(19-6-18-2)10-8(12)4-3-5-9(10)13/h3-5,7,11,14H,6H2,1-2H3,(H,15,16,17)/t7-,11+/m0/s1. The monoisotopic (exact) mass is 343 g/mol. The number of ether oxygens (including phenoxy) is 2. The van der Waals surface area contributed by atoms with Crippen LogP contribution in [0.25, 0.3) is 0 Å². The van der Waals surface area contributed by atoms with Crippen molar-refractivity contribution in [2.45, 2.75) is 19.1 Å². The van der Waals surface area contributed by atoms with Crippen molar-refractivity contribution in [1.82, 2.24) is 4.72 Å². The van der Waals surface area contributed by atoms with Crippen molar-refractivity contribution in [2.24, 2.45) is 0 Å². The van der Waals surface area contributed by atoms with Gasteiger partial charge in [-0.25, -0.2) is 0 Å². The van der Waals surface area contributed by atoms with Crippen LogP contribution in [0.4, 0.5) is 0 Å². The summed E-state index contributed by atoms with van der Waals surface area (Å²) in [4.78, 5) is 0. The maximum atomic E-state index is 10.9. The summed E-state index contributed by atoms with van der Waals surface area (Å²) in [7, 11) is -2.96. The van der Waals surface area contributed by atoms with E-state index in [2.05, 4.69) is 0 Å². The predicted octanol–water partition coefficient (Wildman–Crippen LogP) is 2.44. The van der Waals surface area contributed by atoms with Gasteiger partial charge in [0.25, 0.3) is 0 Å². The Balaban J connectivity index is 3.11. The van der Waals surface area contributed by atoms with Crippen molar-refractivity contribution >= 4 is 33.5 Å². The molecule has 2 N–H and O–H groups in total. The van der Waals surface area contributed by atoms with Gasteiger partial charge in [-0.05, 0) is 19.1 Å². The van der Waals surface area contributed by atoms with E-state index in [-0.39, 0.29) is 6.79 Å². The molecule has 6 nitrogen and oxygen atoms in total. The number of hydrogen-bond acceptors (Lipinski definition) is 4. The Kier molecular flexibility index (Phi) is 6.67. The van der Waals surface area contributed by atoms with E-state index in [9.17, 15) is 8.42 Å². The lowest BCUT2D eigenvalue weighted by molar-refractivity contribution is -0.0813. The average molecular weight is 344 g/mol. The van der Waals surface area contributed by atoms with Crippen molar-refractivity contribution in [3.63, 3.8) is 0 Å². The highest BCUT2D eigenvalue weighted by molar-refractivity contribution is 7.83. The summed E-state index contributed by atoms with van der Waals surface area (Å²) in [6, 6.07) is 4.05. The molecule has 0 saturated heterocycles. The van der Waals surface area contributed by atoms with Crippen molar-refractivity contribution in [1.29, 1.82) is 0 Å². The summed E-state index contributed by atoms with van der Waals surface area (Å²) >= 11 is 12.1. The van der Waals surface area contributed by atoms with Gasteiger partial charge in [-0.3, -0.25) is 4.55 Å². The number of hydrogen-bond donors (Lipinski definition) is 2. The van der Waals surface area contributed by atoms with Crippen LogP contribution < -0.4 is 4.72 Å². The molecule has 0 heterocycles. The molecule has 0 aliphatic carbocycles. The minimum atomic E-state index is -4.38. The minimum Gasteiger partial charge on any atom is -0.359 e. The third-order valence-electron chi connectivity index (χ3n) is 2.44. The van der Waals surface area contributed by atoms with Crippen molar-refractivity contribution < 1.29 is 22.4 Å². The molecular weight excluding hydrogens is 329 g/mol. The summed E-state index contributed by atoms with van der Waals surface area (Å²) in [5.41, 5.74) is 0.413. The number of benzene rings is 1. The second-order valence-electron chi connectivity index (χ2n) is 4.01. The molecule has 2 atom stereocenters. The fourth-order valence-corrected chi connectivity index (χ4v) is 2.90. The van der Waals surface area contributed by atoms with E-state index in [1.165, 1.54) is 14.0 Å². The largest absolute Gasteiger partial charge is 0.359 e. The van der Waals surface area contributed by atoms with Gasteiger partial charge in [0, 0.05) is 22.7 Å². The smallest absolute Gasteiger partial charge is 0.333 e. The Labute approximate surface area is 127 Å². The quantitative estimate of drug-likeness (QED) is 0.586. The molecule has 1 aromatic carbocycles. The molecule has 20 heavy (non-hydrogen) atoms. The maximum absolute atomic E-state index is 10.9. The van der Waals surface area contributed by atoms with E-state index < -0.39 is 22.4 Å². The molecule has 0 saturated carbocycles. The Morgan fingerprint density at radius 1 is 1.35 bits per heavy atom. The first-order valence-corrected chi connectivity index (χ1v) is 7.75. The SMILES string of the molecule is COCO[C@@H](c1c(Cl)cccc1Cl)[C@H](C)NS(=O)(=O)O. The molecule has 114 valence electrons. The van der Waals surface area contributed by atoms with E-state index in [1.807, 2.05) is 4.72 Å². The van der Waals surface area contributed by atoms with Gasteiger partial charge in [-0.15, -0.1) is 0 Å². The van der Waals surface area contributed by atoms with E-state index >= 15 is 0 Å². The molecule has 0 fully saturated rings. The van der Waals surface area contributed by atoms with Crippen LogP contribution in [-0.4, -0.2) is 32.9 Å². The fraction of sp³-hybridized carbons (Fsp3) is 0.455. The molecule has 0 aliphatic heterocycles. The summed E-state index contributed by atoms with van der Waals surface area (Å²) < 4.78 is 42.9. The van der Waals surface area contributed by atoms with Gasteiger partial charge in [0.1, 0.15) is 12.9 Å². The Hall–Kier alpha value is -0.410. The summed E-state index contributed by atoms with van der Waals surface area (Å²) in [5.74, 6) is 0. The predicted molar refractivity (Wildman–Crippen MR) is 76.3 cm³/mol. The molecule has 1 aromatic rings. The molecular formula is C11H15Cl2NO5S. The average Bonchev–Trinajstić information content (AvgIpc) is 2.30. The Bertz CT molecular complexity index is 531. The van der Waals surface area contributed by atoms with Gasteiger partial charge < -0.3 is 9.47 Å². The lowest BCUT2D eigenvalue weighted by Crippen LogP contribution is -2.38. The molecule has 9 heteroatoms. The van der Waals surface area contributed by atoms with E-state index in [0.717, 1.165) is 0 Å². The minimum absolute atomic E-state index is 0.0935. The van der Waals surface area contributed by atoms with Crippen LogP contribution in [0.1, 0.15) is 18.6 Å². The second-order valence-corrected chi connectivity index (χ2v) is 6.01. The van der Waals surface area contributed by atoms with Crippen LogP contribution in [-0.2, 0) is 19.8 Å². The van der Waals surface area contributed by atoms with Crippen LogP contribution in [0.2, 0.25) is 10.0 Å². The van der Waals surface area contributed by atoms with E-state index in [0.29, 0.717) is 15.6 Å². The molecule has 0 spiro atoms. The van der Waals surface area contributed by atoms with Crippen LogP contribution >= 0.6 is 23.2 Å². The number of rotatable bonds is 7. The molecule has 0 bridgehead atoms. The van der Waals surface area contributed by atoms with Gasteiger partial charge in [0.05, 0.1) is 6.04 Å². The molecule has 0 radical (unpaired) electrons. The zero-order valence-corrected chi connectivity index (χ0v) is 13.2. The van der Waals surface area contributed by atoms with Crippen LogP contribution in [0.5, 0.6) is 0 Å². The maximum Gasteiger partial charge on any atom is 0.333 e. The summed E-state index contributed by atoms with van der Waals surface area (Å²) in [6.07, 6.45) is -0.821. The van der Waals surface area contributed by atoms with Crippen LogP contribution in [0.15, 0.2) is 18.2 Å². The molecule has 0 aromatic heterocycles. The lowest BCUT2D eigenvalue weighted by atomic mass is 10.0. The van der Waals surface area contributed by atoms with Gasteiger partial charge in [0.2, 0.25) is 0 Å². The first-order valence-electron chi connectivity index (χ1n) is 5.55. The first-order chi connectivity index (χ1) is 9.26. The number of halogens is 2. The summed E-state index contributed by atoms with van der Waals surface area (Å²) in [6.45, 7) is 1.41. The van der Waals surface area contributed by atoms with Crippen molar-refractivity contribution in [2.75, 3.05) is 13.9 Å². The normalized spacial score (nSPS) is 15.1. The first kappa shape index (κ1) is 17.6. The molecule has 0 aliphatic rings. The zero-order chi connectivity index (χ0) is 15.3. The summed E-state index contributed by atoms with van der Waals surface area (Å²) in [5, 5.41) is 0.644. The second kappa shape index (κ2) is 7.56. The molecule has 1 rings (SSSR count). The van der Waals surface area contributed by atoms with Crippen molar-refractivity contribution in [3.05, 3.63) is 33.8 Å². The topological polar surface area (TPSA) is 84.9 Å². The molecule has 0 unspecified atom stereocenters. The number of nitrogens with one attached hydrogen (secondary N) is 1. The van der Waals surface area contributed by atoms with Crippen molar-refractivity contribution in [3.8, 4) is 0 Å². The Morgan fingerprint density at radius 3 is 2.35 bits per heavy atom. The Morgan fingerprint density at radius 2 is 1.90 bits per heavy atom. The van der Waals surface area contributed by atoms with E-state index in [4.69, 9.17) is 37.2 Å². The fourth-order valence-electron chi connectivity index (χ4n) is 1.70. The van der Waals surface area contributed by atoms with Gasteiger partial charge in [0.15, 0.2) is 0 Å². The zero-order valence-electron chi connectivity index (χ0n) is 10.8. The van der Waals surface area contributed by atoms with Gasteiger partial charge in [-0.1, -0.05) is 29.3 Å². The van der Waals surface area contributed by atoms with Gasteiger partial charge >= 0.3 is 10.3 Å². The van der Waals surface area contributed by atoms with E-state index in [1.54, 1.807) is 18.2 Å². The highest BCUT2D eigenvalue weighted by atomic mass is 35.5. The highest BCUT2D eigenvalue weighted by Crippen LogP contribution is 2.34. The van der Waals surface area contributed by atoms with Crippen LogP contribution in [0.3, 0.4) is 0 Å².